The minimum atomic E-state index is -0.222. The Hall–Kier alpha value is -1.42. The Kier molecular flexibility index (Phi) is 3.74. The number of pyridine rings is 1. The largest absolute Gasteiger partial charge is 0.365 e. The second-order valence-corrected chi connectivity index (χ2v) is 4.68. The Labute approximate surface area is 108 Å². The van der Waals surface area contributed by atoms with Gasteiger partial charge in [0.25, 0.3) is 0 Å². The van der Waals surface area contributed by atoms with Gasteiger partial charge in [0.1, 0.15) is 11.6 Å². The molecular weight excluding hydrogens is 283 g/mol. The highest BCUT2D eigenvalue weighted by Crippen LogP contribution is 2.21. The van der Waals surface area contributed by atoms with Crippen molar-refractivity contribution in [1.82, 2.24) is 4.98 Å². The van der Waals surface area contributed by atoms with Crippen molar-refractivity contribution in [3.63, 3.8) is 0 Å². The third kappa shape index (κ3) is 3.27. The molecule has 1 heterocycles. The van der Waals surface area contributed by atoms with Gasteiger partial charge in [-0.25, -0.2) is 9.37 Å². The normalized spacial score (nSPS) is 10.3. The molecule has 0 spiro atoms. The van der Waals surface area contributed by atoms with E-state index in [0.29, 0.717) is 6.54 Å². The van der Waals surface area contributed by atoms with E-state index in [9.17, 15) is 4.39 Å². The molecule has 0 fully saturated rings. The van der Waals surface area contributed by atoms with Crippen LogP contribution in [0.4, 0.5) is 10.2 Å². The average molecular weight is 295 g/mol. The smallest absolute Gasteiger partial charge is 0.140 e. The van der Waals surface area contributed by atoms with Crippen molar-refractivity contribution in [2.24, 2.45) is 0 Å². The van der Waals surface area contributed by atoms with Crippen molar-refractivity contribution >= 4 is 21.7 Å². The van der Waals surface area contributed by atoms with Crippen LogP contribution in [0, 0.1) is 12.7 Å². The number of halogens is 2. The van der Waals surface area contributed by atoms with E-state index in [4.69, 9.17) is 0 Å². The fourth-order valence-electron chi connectivity index (χ4n) is 1.50. The summed E-state index contributed by atoms with van der Waals surface area (Å²) in [7, 11) is 0. The van der Waals surface area contributed by atoms with Crippen molar-refractivity contribution in [3.8, 4) is 0 Å². The Balaban J connectivity index is 2.07. The highest BCUT2D eigenvalue weighted by atomic mass is 79.9. The zero-order chi connectivity index (χ0) is 12.3. The van der Waals surface area contributed by atoms with Crippen LogP contribution in [0.15, 0.2) is 41.0 Å². The Bertz CT molecular complexity index is 529. The summed E-state index contributed by atoms with van der Waals surface area (Å²) in [5, 5.41) is 3.16. The number of hydrogen-bond donors (Lipinski definition) is 1. The molecule has 2 nitrogen and oxygen atoms in total. The quantitative estimate of drug-likeness (QED) is 0.928. The van der Waals surface area contributed by atoms with Gasteiger partial charge in [-0.2, -0.15) is 0 Å². The zero-order valence-electron chi connectivity index (χ0n) is 9.37. The van der Waals surface area contributed by atoms with Crippen molar-refractivity contribution in [3.05, 3.63) is 57.9 Å². The molecule has 0 bridgehead atoms. The van der Waals surface area contributed by atoms with E-state index in [2.05, 4.69) is 26.2 Å². The Morgan fingerprint density at radius 3 is 2.88 bits per heavy atom. The lowest BCUT2D eigenvalue weighted by atomic mass is 10.2. The molecular formula is C13H12BrFN2. The SMILES string of the molecule is Cc1cnc(NCc2cccc(F)c2)c(Br)c1. The molecule has 0 aliphatic heterocycles. The molecule has 0 amide bonds. The lowest BCUT2D eigenvalue weighted by Gasteiger charge is -2.08. The maximum atomic E-state index is 13.0. The van der Waals surface area contributed by atoms with E-state index >= 15 is 0 Å². The monoisotopic (exact) mass is 294 g/mol. The summed E-state index contributed by atoms with van der Waals surface area (Å²) in [4.78, 5) is 4.26. The minimum Gasteiger partial charge on any atom is -0.365 e. The van der Waals surface area contributed by atoms with Crippen LogP contribution in [0.3, 0.4) is 0 Å². The van der Waals surface area contributed by atoms with Crippen molar-refractivity contribution in [1.29, 1.82) is 0 Å². The van der Waals surface area contributed by atoms with Crippen molar-refractivity contribution in [2.75, 3.05) is 5.32 Å². The molecule has 0 atom stereocenters. The molecule has 2 aromatic rings. The molecule has 0 saturated heterocycles. The van der Waals surface area contributed by atoms with Crippen molar-refractivity contribution < 1.29 is 4.39 Å². The van der Waals surface area contributed by atoms with E-state index < -0.39 is 0 Å². The number of rotatable bonds is 3. The van der Waals surface area contributed by atoms with E-state index in [0.717, 1.165) is 21.4 Å². The van der Waals surface area contributed by atoms with Crippen LogP contribution in [0.5, 0.6) is 0 Å². The molecule has 0 radical (unpaired) electrons. The van der Waals surface area contributed by atoms with E-state index in [-0.39, 0.29) is 5.82 Å². The summed E-state index contributed by atoms with van der Waals surface area (Å²) in [5.41, 5.74) is 1.98. The van der Waals surface area contributed by atoms with Crippen LogP contribution < -0.4 is 5.32 Å². The first kappa shape index (κ1) is 12.0. The summed E-state index contributed by atoms with van der Waals surface area (Å²) in [5.74, 6) is 0.542. The van der Waals surface area contributed by atoms with Gasteiger partial charge in [0.05, 0.1) is 4.47 Å². The van der Waals surface area contributed by atoms with Crippen LogP contribution in [-0.4, -0.2) is 4.98 Å². The molecule has 4 heteroatoms. The predicted octanol–water partition coefficient (Wildman–Crippen LogP) is 3.90. The van der Waals surface area contributed by atoms with Gasteiger partial charge in [0, 0.05) is 12.7 Å². The van der Waals surface area contributed by atoms with Crippen LogP contribution in [0.1, 0.15) is 11.1 Å². The molecule has 0 unspecified atom stereocenters. The third-order valence-corrected chi connectivity index (χ3v) is 2.93. The number of anilines is 1. The van der Waals surface area contributed by atoms with Crippen molar-refractivity contribution in [2.45, 2.75) is 13.5 Å². The van der Waals surface area contributed by atoms with E-state index in [1.54, 1.807) is 12.3 Å². The fraction of sp³-hybridized carbons (Fsp3) is 0.154. The minimum absolute atomic E-state index is 0.222. The summed E-state index contributed by atoms with van der Waals surface area (Å²) in [6.45, 7) is 2.53. The second-order valence-electron chi connectivity index (χ2n) is 3.83. The first-order valence-corrected chi connectivity index (χ1v) is 6.05. The summed E-state index contributed by atoms with van der Waals surface area (Å²) in [6.07, 6.45) is 1.79. The first-order valence-electron chi connectivity index (χ1n) is 5.25. The van der Waals surface area contributed by atoms with E-state index in [1.807, 2.05) is 19.1 Å². The maximum Gasteiger partial charge on any atom is 0.140 e. The van der Waals surface area contributed by atoms with Crippen LogP contribution >= 0.6 is 15.9 Å². The molecule has 1 N–H and O–H groups in total. The summed E-state index contributed by atoms with van der Waals surface area (Å²) < 4.78 is 13.9. The van der Waals surface area contributed by atoms with Crippen LogP contribution in [0.25, 0.3) is 0 Å². The molecule has 0 aliphatic rings. The van der Waals surface area contributed by atoms with Gasteiger partial charge >= 0.3 is 0 Å². The lowest BCUT2D eigenvalue weighted by Crippen LogP contribution is -2.02. The Morgan fingerprint density at radius 1 is 1.35 bits per heavy atom. The highest BCUT2D eigenvalue weighted by molar-refractivity contribution is 9.10. The molecule has 17 heavy (non-hydrogen) atoms. The van der Waals surface area contributed by atoms with Gasteiger partial charge in [0.2, 0.25) is 0 Å². The average Bonchev–Trinajstić information content (AvgIpc) is 2.28. The topological polar surface area (TPSA) is 24.9 Å². The van der Waals surface area contributed by atoms with Gasteiger partial charge in [-0.05, 0) is 52.2 Å². The number of nitrogens with one attached hydrogen (secondary N) is 1. The fourth-order valence-corrected chi connectivity index (χ4v) is 2.10. The molecule has 2 rings (SSSR count). The predicted molar refractivity (Wildman–Crippen MR) is 70.4 cm³/mol. The van der Waals surface area contributed by atoms with Gasteiger partial charge in [-0.1, -0.05) is 12.1 Å². The van der Waals surface area contributed by atoms with Gasteiger partial charge in [0.15, 0.2) is 0 Å². The standard InChI is InChI=1S/C13H12BrFN2/c1-9-5-12(14)13(16-7-9)17-8-10-3-2-4-11(15)6-10/h2-7H,8H2,1H3,(H,16,17). The van der Waals surface area contributed by atoms with Gasteiger partial charge in [-0.3, -0.25) is 0 Å². The Morgan fingerprint density at radius 2 is 2.18 bits per heavy atom. The number of nitrogens with zero attached hydrogens (tertiary/aromatic N) is 1. The molecule has 1 aromatic carbocycles. The zero-order valence-corrected chi connectivity index (χ0v) is 11.0. The van der Waals surface area contributed by atoms with Gasteiger partial charge in [-0.15, -0.1) is 0 Å². The second kappa shape index (κ2) is 5.27. The maximum absolute atomic E-state index is 13.0. The molecule has 0 aliphatic carbocycles. The molecule has 1 aromatic heterocycles. The first-order chi connectivity index (χ1) is 8.15. The van der Waals surface area contributed by atoms with Crippen LogP contribution in [0.2, 0.25) is 0 Å². The molecule has 0 saturated carbocycles. The number of benzene rings is 1. The number of aryl methyl sites for hydroxylation is 1. The van der Waals surface area contributed by atoms with Gasteiger partial charge < -0.3 is 5.32 Å². The highest BCUT2D eigenvalue weighted by Gasteiger charge is 2.01. The third-order valence-electron chi connectivity index (χ3n) is 2.33. The lowest BCUT2D eigenvalue weighted by molar-refractivity contribution is 0.626. The number of aromatic nitrogens is 1. The summed E-state index contributed by atoms with van der Waals surface area (Å²) in [6, 6.07) is 8.50. The summed E-state index contributed by atoms with van der Waals surface area (Å²) >= 11 is 3.44. The van der Waals surface area contributed by atoms with E-state index in [1.165, 1.54) is 12.1 Å². The van der Waals surface area contributed by atoms with Crippen LogP contribution in [-0.2, 0) is 6.54 Å². The molecule has 88 valence electrons. The number of hydrogen-bond acceptors (Lipinski definition) is 2.